The Morgan fingerprint density at radius 1 is 1.38 bits per heavy atom. The third-order valence-corrected chi connectivity index (χ3v) is 4.14. The van der Waals surface area contributed by atoms with E-state index in [4.69, 9.17) is 10.5 Å². The lowest BCUT2D eigenvalue weighted by molar-refractivity contribution is -0.146. The van der Waals surface area contributed by atoms with Crippen molar-refractivity contribution in [1.82, 2.24) is 0 Å². The molecule has 1 fully saturated rings. The Labute approximate surface area is 102 Å². The highest BCUT2D eigenvalue weighted by Gasteiger charge is 2.60. The van der Waals surface area contributed by atoms with E-state index >= 15 is 0 Å². The third-order valence-electron chi connectivity index (χ3n) is 2.73. The van der Waals surface area contributed by atoms with Crippen LogP contribution in [0.1, 0.15) is 40.5 Å². The van der Waals surface area contributed by atoms with E-state index in [0.29, 0.717) is 18.4 Å². The van der Waals surface area contributed by atoms with Crippen molar-refractivity contribution in [3.63, 3.8) is 0 Å². The summed E-state index contributed by atoms with van der Waals surface area (Å²) in [5, 5.41) is -0.0681. The van der Waals surface area contributed by atoms with E-state index in [1.807, 2.05) is 0 Å². The minimum atomic E-state index is -0.439. The smallest absolute Gasteiger partial charge is 0.324 e. The Hall–Kier alpha value is -0.220. The summed E-state index contributed by atoms with van der Waals surface area (Å²) in [7, 11) is 0. The van der Waals surface area contributed by atoms with E-state index in [0.717, 1.165) is 12.8 Å². The first kappa shape index (κ1) is 13.8. The molecule has 1 aliphatic rings. The fraction of sp³-hybridized carbons (Fsp3) is 0.917. The summed E-state index contributed by atoms with van der Waals surface area (Å²) in [5.41, 5.74) is 5.84. The zero-order valence-corrected chi connectivity index (χ0v) is 11.5. The van der Waals surface area contributed by atoms with Gasteiger partial charge < -0.3 is 10.5 Å². The average molecular weight is 245 g/mol. The quantitative estimate of drug-likeness (QED) is 0.576. The largest absolute Gasteiger partial charge is 0.465 e. The van der Waals surface area contributed by atoms with Gasteiger partial charge in [-0.25, -0.2) is 0 Å². The van der Waals surface area contributed by atoms with E-state index in [9.17, 15) is 4.79 Å². The maximum atomic E-state index is 11.9. The molecule has 16 heavy (non-hydrogen) atoms. The molecule has 1 heterocycles. The molecular formula is C12H23NO2S. The van der Waals surface area contributed by atoms with Crippen molar-refractivity contribution in [2.24, 2.45) is 17.6 Å². The van der Waals surface area contributed by atoms with Gasteiger partial charge in [0.15, 0.2) is 0 Å². The van der Waals surface area contributed by atoms with Crippen molar-refractivity contribution in [1.29, 1.82) is 0 Å². The van der Waals surface area contributed by atoms with E-state index in [1.54, 1.807) is 0 Å². The van der Waals surface area contributed by atoms with Crippen molar-refractivity contribution in [3.8, 4) is 0 Å². The summed E-state index contributed by atoms with van der Waals surface area (Å²) in [6, 6.07) is 0. The van der Waals surface area contributed by atoms with Gasteiger partial charge in [-0.1, -0.05) is 27.7 Å². The van der Waals surface area contributed by atoms with Gasteiger partial charge in [0.05, 0.1) is 12.0 Å². The van der Waals surface area contributed by atoms with Crippen molar-refractivity contribution in [3.05, 3.63) is 0 Å². The van der Waals surface area contributed by atoms with Crippen LogP contribution in [0.15, 0.2) is 0 Å². The Bertz CT molecular complexity index is 255. The second-order valence-electron chi connectivity index (χ2n) is 5.34. The number of ether oxygens (including phenoxy) is 1. The molecule has 0 aromatic heterocycles. The van der Waals surface area contributed by atoms with Crippen molar-refractivity contribution in [2.45, 2.75) is 50.7 Å². The zero-order chi connectivity index (χ0) is 12.3. The molecule has 1 unspecified atom stereocenters. The molecule has 0 saturated carbocycles. The summed E-state index contributed by atoms with van der Waals surface area (Å²) < 4.78 is 4.87. The Morgan fingerprint density at radius 2 is 1.94 bits per heavy atom. The summed E-state index contributed by atoms with van der Waals surface area (Å²) in [4.78, 5) is 11.9. The van der Waals surface area contributed by atoms with Crippen LogP contribution in [-0.2, 0) is 9.53 Å². The van der Waals surface area contributed by atoms with Crippen LogP contribution in [0, 0.1) is 11.8 Å². The first-order valence-electron chi connectivity index (χ1n) is 5.99. The van der Waals surface area contributed by atoms with Gasteiger partial charge in [-0.05, 0) is 24.7 Å². The fourth-order valence-corrected chi connectivity index (χ4v) is 2.88. The molecule has 1 aliphatic heterocycles. The second-order valence-corrected chi connectivity index (χ2v) is 6.82. The Morgan fingerprint density at radius 3 is 2.31 bits per heavy atom. The minimum absolute atomic E-state index is 0.0681. The molecule has 0 bridgehead atoms. The van der Waals surface area contributed by atoms with E-state index in [1.165, 1.54) is 11.8 Å². The molecule has 0 aliphatic carbocycles. The highest BCUT2D eigenvalue weighted by molar-refractivity contribution is 8.09. The van der Waals surface area contributed by atoms with E-state index < -0.39 is 4.75 Å². The predicted octanol–water partition coefficient (Wildman–Crippen LogP) is 2.39. The number of esters is 1. The van der Waals surface area contributed by atoms with Gasteiger partial charge in [0.25, 0.3) is 0 Å². The van der Waals surface area contributed by atoms with Gasteiger partial charge in [-0.2, -0.15) is 0 Å². The summed E-state index contributed by atoms with van der Waals surface area (Å²) in [6.07, 6.45) is 1.74. The lowest BCUT2D eigenvalue weighted by atomic mass is 9.97. The van der Waals surface area contributed by atoms with Crippen LogP contribution in [0.3, 0.4) is 0 Å². The monoisotopic (exact) mass is 245 g/mol. The predicted molar refractivity (Wildman–Crippen MR) is 68.2 cm³/mol. The van der Waals surface area contributed by atoms with E-state index in [2.05, 4.69) is 27.7 Å². The number of carbonyl (C=O) groups is 1. The number of hydrogen-bond donors (Lipinski definition) is 1. The lowest BCUT2D eigenvalue weighted by Crippen LogP contribution is -2.33. The zero-order valence-electron chi connectivity index (χ0n) is 10.7. The normalized spacial score (nSPS) is 28.6. The summed E-state index contributed by atoms with van der Waals surface area (Å²) in [6.45, 7) is 8.97. The number of rotatable bonds is 6. The topological polar surface area (TPSA) is 52.3 Å². The van der Waals surface area contributed by atoms with Crippen LogP contribution in [0.2, 0.25) is 0 Å². The van der Waals surface area contributed by atoms with Crippen LogP contribution in [0.25, 0.3) is 0 Å². The molecule has 94 valence electrons. The number of hydrogen-bond acceptors (Lipinski definition) is 4. The molecule has 1 saturated heterocycles. The SMILES string of the molecule is CC(C)CCOC(=O)[C@]1(CC(C)C)SC1N. The van der Waals surface area contributed by atoms with Gasteiger partial charge in [-0.15, -0.1) is 11.8 Å². The lowest BCUT2D eigenvalue weighted by Gasteiger charge is -2.16. The number of thioether (sulfide) groups is 1. The molecule has 4 heteroatoms. The molecule has 2 N–H and O–H groups in total. The standard InChI is InChI=1S/C12H23NO2S/c1-8(2)5-6-15-11(14)12(7-9(3)4)10(13)16-12/h8-10H,5-7,13H2,1-4H3/t10?,12-/m1/s1. The first-order valence-corrected chi connectivity index (χ1v) is 6.87. The first-order chi connectivity index (χ1) is 7.38. The molecule has 0 radical (unpaired) electrons. The summed E-state index contributed by atoms with van der Waals surface area (Å²) in [5.74, 6) is 0.924. The van der Waals surface area contributed by atoms with Crippen molar-refractivity contribution < 1.29 is 9.53 Å². The van der Waals surface area contributed by atoms with Gasteiger partial charge in [0.1, 0.15) is 4.75 Å². The average Bonchev–Trinajstić information content (AvgIpc) is 2.75. The van der Waals surface area contributed by atoms with E-state index in [-0.39, 0.29) is 11.3 Å². The maximum absolute atomic E-state index is 11.9. The highest BCUT2D eigenvalue weighted by atomic mass is 32.2. The molecular weight excluding hydrogens is 222 g/mol. The van der Waals surface area contributed by atoms with Crippen molar-refractivity contribution >= 4 is 17.7 Å². The van der Waals surface area contributed by atoms with Crippen molar-refractivity contribution in [2.75, 3.05) is 6.61 Å². The fourth-order valence-electron chi connectivity index (χ4n) is 1.72. The molecule has 2 atom stereocenters. The Kier molecular flexibility index (Phi) is 4.68. The molecule has 3 nitrogen and oxygen atoms in total. The van der Waals surface area contributed by atoms with Gasteiger partial charge >= 0.3 is 5.97 Å². The third kappa shape index (κ3) is 3.39. The van der Waals surface area contributed by atoms with Gasteiger partial charge in [-0.3, -0.25) is 4.79 Å². The molecule has 0 spiro atoms. The Balaban J connectivity index is 2.39. The maximum Gasteiger partial charge on any atom is 0.324 e. The van der Waals surface area contributed by atoms with Gasteiger partial charge in [0, 0.05) is 0 Å². The number of nitrogens with two attached hydrogens (primary N) is 1. The van der Waals surface area contributed by atoms with Crippen LogP contribution >= 0.6 is 11.8 Å². The van der Waals surface area contributed by atoms with Gasteiger partial charge in [0.2, 0.25) is 0 Å². The van der Waals surface area contributed by atoms with Crippen LogP contribution in [0.4, 0.5) is 0 Å². The number of carbonyl (C=O) groups excluding carboxylic acids is 1. The minimum Gasteiger partial charge on any atom is -0.465 e. The molecule has 0 amide bonds. The van der Waals surface area contributed by atoms with Crippen LogP contribution < -0.4 is 5.73 Å². The second kappa shape index (κ2) is 5.41. The highest BCUT2D eigenvalue weighted by Crippen LogP contribution is 2.55. The van der Waals surface area contributed by atoms with Crippen LogP contribution in [-0.4, -0.2) is 22.7 Å². The molecule has 0 aromatic rings. The molecule has 1 rings (SSSR count). The molecule has 0 aromatic carbocycles. The van der Waals surface area contributed by atoms with Crippen LogP contribution in [0.5, 0.6) is 0 Å². The summed E-state index contributed by atoms with van der Waals surface area (Å²) >= 11 is 1.54.